The molecule has 0 saturated heterocycles. The van der Waals surface area contributed by atoms with Crippen LogP contribution in [0, 0.1) is 0 Å². The van der Waals surface area contributed by atoms with Gasteiger partial charge in [0, 0.05) is 10.0 Å². The first-order valence-electron chi connectivity index (χ1n) is 3.57. The zero-order chi connectivity index (χ0) is 10.0. The molecule has 1 rings (SSSR count). The molecule has 70 valence electrons. The summed E-state index contributed by atoms with van der Waals surface area (Å²) in [5, 5.41) is 9.37. The molecule has 4 heteroatoms. The number of phenolic OH excluding ortho intramolecular Hbond substituents is 1. The standard InChI is InChI=1S/C9H10BrNO2/c1-5(13-2)6-3-7(10)9(11)8(12)4-6/h3-4,12H,1,11H2,2H3. The summed E-state index contributed by atoms with van der Waals surface area (Å²) in [4.78, 5) is 0. The van der Waals surface area contributed by atoms with E-state index in [0.717, 1.165) is 0 Å². The number of hydrogen-bond acceptors (Lipinski definition) is 3. The van der Waals surface area contributed by atoms with E-state index in [1.54, 1.807) is 6.07 Å². The fourth-order valence-corrected chi connectivity index (χ4v) is 1.33. The van der Waals surface area contributed by atoms with Gasteiger partial charge in [0.25, 0.3) is 0 Å². The van der Waals surface area contributed by atoms with Gasteiger partial charge in [-0.25, -0.2) is 0 Å². The van der Waals surface area contributed by atoms with E-state index >= 15 is 0 Å². The van der Waals surface area contributed by atoms with Crippen LogP contribution in [0.5, 0.6) is 5.75 Å². The maximum Gasteiger partial charge on any atom is 0.140 e. The van der Waals surface area contributed by atoms with E-state index in [2.05, 4.69) is 22.5 Å². The molecule has 0 aliphatic carbocycles. The van der Waals surface area contributed by atoms with E-state index in [-0.39, 0.29) is 5.75 Å². The highest BCUT2D eigenvalue weighted by molar-refractivity contribution is 9.10. The van der Waals surface area contributed by atoms with Crippen molar-refractivity contribution in [2.75, 3.05) is 12.8 Å². The van der Waals surface area contributed by atoms with Crippen LogP contribution in [0.3, 0.4) is 0 Å². The van der Waals surface area contributed by atoms with Crippen molar-refractivity contribution in [3.8, 4) is 5.75 Å². The molecule has 0 spiro atoms. The minimum atomic E-state index is 0.0163. The van der Waals surface area contributed by atoms with Crippen LogP contribution in [-0.4, -0.2) is 12.2 Å². The Kier molecular flexibility index (Phi) is 2.83. The average Bonchev–Trinajstić information content (AvgIpc) is 2.12. The summed E-state index contributed by atoms with van der Waals surface area (Å²) < 4.78 is 5.54. The van der Waals surface area contributed by atoms with Crippen LogP contribution in [0.15, 0.2) is 23.2 Å². The van der Waals surface area contributed by atoms with Crippen molar-refractivity contribution in [3.63, 3.8) is 0 Å². The van der Waals surface area contributed by atoms with Crippen molar-refractivity contribution >= 4 is 27.4 Å². The molecular weight excluding hydrogens is 234 g/mol. The number of benzene rings is 1. The third-order valence-corrected chi connectivity index (χ3v) is 2.33. The normalized spacial score (nSPS) is 9.69. The highest BCUT2D eigenvalue weighted by atomic mass is 79.9. The van der Waals surface area contributed by atoms with Gasteiger partial charge in [-0.05, 0) is 28.1 Å². The Hall–Kier alpha value is -1.16. The largest absolute Gasteiger partial charge is 0.506 e. The molecule has 1 aromatic rings. The van der Waals surface area contributed by atoms with Gasteiger partial charge < -0.3 is 15.6 Å². The topological polar surface area (TPSA) is 55.5 Å². The SMILES string of the molecule is C=C(OC)c1cc(O)c(N)c(Br)c1. The highest BCUT2D eigenvalue weighted by Crippen LogP contribution is 2.32. The molecule has 13 heavy (non-hydrogen) atoms. The monoisotopic (exact) mass is 243 g/mol. The molecule has 3 nitrogen and oxygen atoms in total. The van der Waals surface area contributed by atoms with Crippen molar-refractivity contribution in [1.82, 2.24) is 0 Å². The van der Waals surface area contributed by atoms with Crippen molar-refractivity contribution in [2.45, 2.75) is 0 Å². The zero-order valence-electron chi connectivity index (χ0n) is 7.17. The fraction of sp³-hybridized carbons (Fsp3) is 0.111. The lowest BCUT2D eigenvalue weighted by Crippen LogP contribution is -1.91. The Morgan fingerprint density at radius 2 is 2.23 bits per heavy atom. The van der Waals surface area contributed by atoms with Gasteiger partial charge in [0.15, 0.2) is 0 Å². The Labute approximate surface area is 85.0 Å². The average molecular weight is 244 g/mol. The number of phenols is 1. The third-order valence-electron chi connectivity index (χ3n) is 1.68. The van der Waals surface area contributed by atoms with Gasteiger partial charge in [-0.15, -0.1) is 0 Å². The maximum atomic E-state index is 9.37. The molecular formula is C9H10BrNO2. The van der Waals surface area contributed by atoms with Crippen molar-refractivity contribution in [1.29, 1.82) is 0 Å². The molecule has 0 heterocycles. The first-order valence-corrected chi connectivity index (χ1v) is 4.36. The van der Waals surface area contributed by atoms with E-state index in [9.17, 15) is 5.11 Å². The Bertz CT molecular complexity index is 326. The number of nitrogens with two attached hydrogens (primary N) is 1. The molecule has 0 radical (unpaired) electrons. The summed E-state index contributed by atoms with van der Waals surface area (Å²) >= 11 is 3.21. The van der Waals surface area contributed by atoms with E-state index in [0.29, 0.717) is 21.5 Å². The molecule has 0 bridgehead atoms. The summed E-state index contributed by atoms with van der Waals surface area (Å²) in [6.45, 7) is 3.66. The van der Waals surface area contributed by atoms with Crippen molar-refractivity contribution in [2.24, 2.45) is 0 Å². The van der Waals surface area contributed by atoms with Gasteiger partial charge in [0.05, 0.1) is 12.8 Å². The second-order valence-corrected chi connectivity index (χ2v) is 3.37. The minimum Gasteiger partial charge on any atom is -0.506 e. The molecule has 0 unspecified atom stereocenters. The van der Waals surface area contributed by atoms with Crippen LogP contribution < -0.4 is 5.73 Å². The number of anilines is 1. The number of hydrogen-bond donors (Lipinski definition) is 2. The van der Waals surface area contributed by atoms with Crippen LogP contribution in [0.1, 0.15) is 5.56 Å². The third kappa shape index (κ3) is 1.95. The summed E-state index contributed by atoms with van der Waals surface area (Å²) in [6, 6.07) is 3.24. The second-order valence-electron chi connectivity index (χ2n) is 2.52. The van der Waals surface area contributed by atoms with Crippen molar-refractivity contribution in [3.05, 3.63) is 28.7 Å². The minimum absolute atomic E-state index is 0.0163. The maximum absolute atomic E-state index is 9.37. The first-order chi connectivity index (χ1) is 6.06. The van der Waals surface area contributed by atoms with E-state index < -0.39 is 0 Å². The van der Waals surface area contributed by atoms with Crippen molar-refractivity contribution < 1.29 is 9.84 Å². The van der Waals surface area contributed by atoms with E-state index in [1.807, 2.05) is 0 Å². The molecule has 1 aromatic carbocycles. The quantitative estimate of drug-likeness (QED) is 0.477. The molecule has 3 N–H and O–H groups in total. The Morgan fingerprint density at radius 3 is 2.69 bits per heavy atom. The van der Waals surface area contributed by atoms with Gasteiger partial charge in [0.1, 0.15) is 11.5 Å². The number of nitrogen functional groups attached to an aromatic ring is 1. The van der Waals surface area contributed by atoms with Crippen LogP contribution >= 0.6 is 15.9 Å². The van der Waals surface area contributed by atoms with Gasteiger partial charge in [-0.1, -0.05) is 6.58 Å². The molecule has 0 atom stereocenters. The number of methoxy groups -OCH3 is 1. The van der Waals surface area contributed by atoms with Gasteiger partial charge in [-0.3, -0.25) is 0 Å². The zero-order valence-corrected chi connectivity index (χ0v) is 8.76. The lowest BCUT2D eigenvalue weighted by Gasteiger charge is -2.07. The first kappa shape index (κ1) is 9.92. The number of halogens is 1. The molecule has 0 aliphatic heterocycles. The highest BCUT2D eigenvalue weighted by Gasteiger charge is 2.07. The van der Waals surface area contributed by atoms with Gasteiger partial charge >= 0.3 is 0 Å². The summed E-state index contributed by atoms with van der Waals surface area (Å²) in [5.74, 6) is 0.499. The van der Waals surface area contributed by atoms with Gasteiger partial charge in [0.2, 0.25) is 0 Å². The molecule has 0 saturated carbocycles. The summed E-state index contributed by atoms with van der Waals surface area (Å²) in [5.41, 5.74) is 6.53. The van der Waals surface area contributed by atoms with E-state index in [4.69, 9.17) is 10.5 Å². The number of aromatic hydroxyl groups is 1. The Morgan fingerprint density at radius 1 is 1.62 bits per heavy atom. The second kappa shape index (κ2) is 3.70. The summed E-state index contributed by atoms with van der Waals surface area (Å²) in [6.07, 6.45) is 0. The fourth-order valence-electron chi connectivity index (χ4n) is 0.882. The number of ether oxygens (including phenoxy) is 1. The van der Waals surface area contributed by atoms with Crippen LogP contribution in [0.25, 0.3) is 5.76 Å². The van der Waals surface area contributed by atoms with Crippen LogP contribution in [0.2, 0.25) is 0 Å². The molecule has 0 aromatic heterocycles. The Balaban J connectivity index is 3.20. The number of rotatable bonds is 2. The predicted octanol–water partition coefficient (Wildman–Crippen LogP) is 2.35. The molecule has 0 aliphatic rings. The van der Waals surface area contributed by atoms with Crippen LogP contribution in [0.4, 0.5) is 5.69 Å². The molecule has 0 fully saturated rings. The lowest BCUT2D eigenvalue weighted by molar-refractivity contribution is 0.371. The molecule has 0 amide bonds. The van der Waals surface area contributed by atoms with E-state index in [1.165, 1.54) is 13.2 Å². The lowest BCUT2D eigenvalue weighted by atomic mass is 10.1. The smallest absolute Gasteiger partial charge is 0.140 e. The van der Waals surface area contributed by atoms with Crippen LogP contribution in [-0.2, 0) is 4.74 Å². The summed E-state index contributed by atoms with van der Waals surface area (Å²) in [7, 11) is 1.52. The van der Waals surface area contributed by atoms with Gasteiger partial charge in [-0.2, -0.15) is 0 Å². The predicted molar refractivity (Wildman–Crippen MR) is 56.3 cm³/mol.